The summed E-state index contributed by atoms with van der Waals surface area (Å²) >= 11 is 0. The fraction of sp³-hybridized carbons (Fsp3) is 0.500. The van der Waals surface area contributed by atoms with Crippen LogP contribution >= 0.6 is 0 Å². The molecular formula is C26H32O3. The van der Waals surface area contributed by atoms with Gasteiger partial charge < -0.3 is 9.47 Å². The smallest absolute Gasteiger partial charge is 0.165 e. The molecule has 2 fully saturated rings. The summed E-state index contributed by atoms with van der Waals surface area (Å²) in [4.78, 5) is 11.6. The largest absolute Gasteiger partial charge is 0.493 e. The lowest BCUT2D eigenvalue weighted by Gasteiger charge is -2.48. The number of carbonyl (C=O) groups is 1. The van der Waals surface area contributed by atoms with E-state index >= 15 is 0 Å². The van der Waals surface area contributed by atoms with Gasteiger partial charge >= 0.3 is 0 Å². The molecule has 0 aromatic heterocycles. The maximum atomic E-state index is 11.6. The lowest BCUT2D eigenvalue weighted by atomic mass is 9.57. The lowest BCUT2D eigenvalue weighted by Crippen LogP contribution is -2.39. The quantitative estimate of drug-likeness (QED) is 0.550. The highest BCUT2D eigenvalue weighted by atomic mass is 16.5. The highest BCUT2D eigenvalue weighted by molar-refractivity contribution is 5.78. The second kappa shape index (κ2) is 8.22. The van der Waals surface area contributed by atoms with Gasteiger partial charge in [0.15, 0.2) is 11.5 Å². The van der Waals surface area contributed by atoms with Crippen LogP contribution in [0.3, 0.4) is 0 Å². The minimum absolute atomic E-state index is 0.00600. The maximum Gasteiger partial charge on any atom is 0.165 e. The van der Waals surface area contributed by atoms with Gasteiger partial charge in [-0.3, -0.25) is 4.79 Å². The summed E-state index contributed by atoms with van der Waals surface area (Å²) in [6.07, 6.45) is 7.21. The Morgan fingerprint density at radius 1 is 1.07 bits per heavy atom. The molecule has 0 saturated heterocycles. The Balaban J connectivity index is 1.71. The number of fused-ring (bicyclic) bond motifs is 2. The van der Waals surface area contributed by atoms with Crippen molar-refractivity contribution in [1.82, 2.24) is 0 Å². The first-order chi connectivity index (χ1) is 14.0. The number of ether oxygens (including phenoxy) is 2. The SMILES string of the molecule is COc1cc(C=O)cc(C2(C)CC3CC(C)CC(C3)C2)c1OCc1ccccc1. The number of benzene rings is 2. The van der Waals surface area contributed by atoms with Crippen LogP contribution < -0.4 is 9.47 Å². The molecule has 154 valence electrons. The standard InChI is InChI=1S/C26H32O3/c1-18-9-20-11-21(10-18)15-26(2,14-20)23-12-22(16-27)13-24(28-3)25(23)29-17-19-7-5-4-6-8-19/h4-8,12-13,16,18,20-21H,9-11,14-15,17H2,1-3H3. The third-order valence-electron chi connectivity index (χ3n) is 6.93. The summed E-state index contributed by atoms with van der Waals surface area (Å²) in [5.41, 5.74) is 2.93. The monoisotopic (exact) mass is 392 g/mol. The Hall–Kier alpha value is -2.29. The summed E-state index contributed by atoms with van der Waals surface area (Å²) in [6.45, 7) is 5.25. The molecule has 2 unspecified atom stereocenters. The molecule has 0 spiro atoms. The van der Waals surface area contributed by atoms with E-state index in [2.05, 4.69) is 26.0 Å². The summed E-state index contributed by atoms with van der Waals surface area (Å²) in [6, 6.07) is 14.0. The molecule has 2 atom stereocenters. The molecule has 2 aromatic carbocycles. The zero-order chi connectivity index (χ0) is 20.4. The van der Waals surface area contributed by atoms with Crippen LogP contribution in [0.25, 0.3) is 0 Å². The number of aldehydes is 1. The third-order valence-corrected chi connectivity index (χ3v) is 6.93. The molecule has 0 aliphatic heterocycles. The van der Waals surface area contributed by atoms with Gasteiger partial charge in [-0.1, -0.05) is 44.2 Å². The van der Waals surface area contributed by atoms with Crippen molar-refractivity contribution in [3.8, 4) is 11.5 Å². The van der Waals surface area contributed by atoms with Crippen LogP contribution in [-0.4, -0.2) is 13.4 Å². The fourth-order valence-electron chi connectivity index (χ4n) is 5.98. The van der Waals surface area contributed by atoms with Gasteiger partial charge in [-0.15, -0.1) is 0 Å². The van der Waals surface area contributed by atoms with Crippen LogP contribution in [0.4, 0.5) is 0 Å². The van der Waals surface area contributed by atoms with Crippen molar-refractivity contribution in [3.63, 3.8) is 0 Å². The molecule has 2 saturated carbocycles. The van der Waals surface area contributed by atoms with Gasteiger partial charge in [-0.2, -0.15) is 0 Å². The van der Waals surface area contributed by atoms with E-state index in [9.17, 15) is 4.79 Å². The topological polar surface area (TPSA) is 35.5 Å². The van der Waals surface area contributed by atoms with Crippen LogP contribution in [0.15, 0.2) is 42.5 Å². The van der Waals surface area contributed by atoms with E-state index in [0.29, 0.717) is 17.9 Å². The van der Waals surface area contributed by atoms with Crippen LogP contribution in [0.2, 0.25) is 0 Å². The van der Waals surface area contributed by atoms with E-state index < -0.39 is 0 Å². The molecule has 0 radical (unpaired) electrons. The second-order valence-electron chi connectivity index (χ2n) is 9.51. The van der Waals surface area contributed by atoms with Crippen LogP contribution in [-0.2, 0) is 12.0 Å². The summed E-state index contributed by atoms with van der Waals surface area (Å²) in [7, 11) is 1.66. The Labute approximate surface area is 174 Å². The van der Waals surface area contributed by atoms with Crippen molar-refractivity contribution < 1.29 is 14.3 Å². The zero-order valence-electron chi connectivity index (χ0n) is 17.8. The minimum atomic E-state index is 0.00600. The normalized spacial score (nSPS) is 28.6. The summed E-state index contributed by atoms with van der Waals surface area (Å²) < 4.78 is 12.0. The van der Waals surface area contributed by atoms with Gasteiger partial charge in [-0.25, -0.2) is 0 Å². The Kier molecular flexibility index (Phi) is 5.67. The van der Waals surface area contributed by atoms with Crippen molar-refractivity contribution in [1.29, 1.82) is 0 Å². The van der Waals surface area contributed by atoms with Crippen molar-refractivity contribution in [2.45, 2.75) is 58.0 Å². The highest BCUT2D eigenvalue weighted by Gasteiger charge is 2.43. The zero-order valence-corrected chi connectivity index (χ0v) is 17.8. The van der Waals surface area contributed by atoms with Gasteiger partial charge in [0.1, 0.15) is 12.9 Å². The first kappa shape index (κ1) is 20.0. The van der Waals surface area contributed by atoms with E-state index in [1.807, 2.05) is 24.3 Å². The van der Waals surface area contributed by atoms with Crippen molar-refractivity contribution in [3.05, 3.63) is 59.2 Å². The molecule has 3 heteroatoms. The summed E-state index contributed by atoms with van der Waals surface area (Å²) in [5.74, 6) is 3.81. The van der Waals surface area contributed by atoms with Gasteiger partial charge in [-0.05, 0) is 73.0 Å². The van der Waals surface area contributed by atoms with Crippen molar-refractivity contribution >= 4 is 6.29 Å². The predicted octanol–water partition coefficient (Wildman–Crippen LogP) is 6.19. The Morgan fingerprint density at radius 2 is 1.76 bits per heavy atom. The lowest BCUT2D eigenvalue weighted by molar-refractivity contribution is 0.0876. The van der Waals surface area contributed by atoms with Crippen LogP contribution in [0, 0.1) is 17.8 Å². The van der Waals surface area contributed by atoms with E-state index in [1.54, 1.807) is 13.2 Å². The fourth-order valence-corrected chi connectivity index (χ4v) is 5.98. The second-order valence-corrected chi connectivity index (χ2v) is 9.51. The molecule has 4 rings (SSSR count). The van der Waals surface area contributed by atoms with E-state index in [4.69, 9.17) is 9.47 Å². The Bertz CT molecular complexity index is 840. The van der Waals surface area contributed by atoms with E-state index in [0.717, 1.165) is 53.8 Å². The summed E-state index contributed by atoms with van der Waals surface area (Å²) in [5, 5.41) is 0. The molecule has 2 bridgehead atoms. The molecule has 2 aromatic rings. The van der Waals surface area contributed by atoms with Gasteiger partial charge in [0, 0.05) is 11.1 Å². The number of hydrogen-bond acceptors (Lipinski definition) is 3. The number of methoxy groups -OCH3 is 1. The predicted molar refractivity (Wildman–Crippen MR) is 116 cm³/mol. The Morgan fingerprint density at radius 3 is 2.38 bits per heavy atom. The number of carbonyl (C=O) groups excluding carboxylic acids is 1. The molecule has 0 heterocycles. The molecular weight excluding hydrogens is 360 g/mol. The molecule has 0 amide bonds. The molecule has 0 N–H and O–H groups in total. The average molecular weight is 393 g/mol. The first-order valence-corrected chi connectivity index (χ1v) is 10.8. The van der Waals surface area contributed by atoms with Crippen molar-refractivity contribution in [2.24, 2.45) is 17.8 Å². The van der Waals surface area contributed by atoms with E-state index in [1.165, 1.54) is 19.3 Å². The molecule has 2 aliphatic carbocycles. The van der Waals surface area contributed by atoms with Crippen LogP contribution in [0.5, 0.6) is 11.5 Å². The van der Waals surface area contributed by atoms with Crippen molar-refractivity contribution in [2.75, 3.05) is 7.11 Å². The maximum absolute atomic E-state index is 11.6. The number of rotatable bonds is 6. The number of hydrogen-bond donors (Lipinski definition) is 0. The van der Waals surface area contributed by atoms with Gasteiger partial charge in [0.2, 0.25) is 0 Å². The van der Waals surface area contributed by atoms with E-state index in [-0.39, 0.29) is 5.41 Å². The van der Waals surface area contributed by atoms with Crippen LogP contribution in [0.1, 0.15) is 67.4 Å². The first-order valence-electron chi connectivity index (χ1n) is 10.8. The van der Waals surface area contributed by atoms with Gasteiger partial charge in [0.05, 0.1) is 7.11 Å². The molecule has 29 heavy (non-hydrogen) atoms. The third kappa shape index (κ3) is 4.19. The molecule has 2 aliphatic rings. The molecule has 3 nitrogen and oxygen atoms in total. The van der Waals surface area contributed by atoms with Gasteiger partial charge in [0.25, 0.3) is 0 Å². The minimum Gasteiger partial charge on any atom is -0.493 e. The average Bonchev–Trinajstić information content (AvgIpc) is 2.71. The highest BCUT2D eigenvalue weighted by Crippen LogP contribution is 2.54.